The molecule has 0 fully saturated rings. The van der Waals surface area contributed by atoms with Gasteiger partial charge in [0.1, 0.15) is 6.54 Å². The summed E-state index contributed by atoms with van der Waals surface area (Å²) in [5.74, 6) is -0.345. The second-order valence-electron chi connectivity index (χ2n) is 7.18. The quantitative estimate of drug-likeness (QED) is 0.574. The molecule has 0 bridgehead atoms. The standard InChI is InChI=1S/C22H26N4O4/c1-24(2)17-11-9-16(10-12-17)23-20(27)15-26-19-8-5-4-7-18(19)21(28)25(22(26)29)13-6-14-30-3/h4-5,7-12H,6,13-15H2,1-3H3,(H,23,27). The van der Waals surface area contributed by atoms with Crippen molar-refractivity contribution >= 4 is 28.2 Å². The van der Waals surface area contributed by atoms with E-state index in [4.69, 9.17) is 4.74 Å². The number of hydrogen-bond donors (Lipinski definition) is 1. The van der Waals surface area contributed by atoms with Crippen LogP contribution in [0.1, 0.15) is 6.42 Å². The van der Waals surface area contributed by atoms with Gasteiger partial charge in [0.2, 0.25) is 5.91 Å². The van der Waals surface area contributed by atoms with E-state index in [1.807, 2.05) is 31.1 Å². The topological polar surface area (TPSA) is 85.6 Å². The first-order valence-electron chi connectivity index (χ1n) is 9.71. The molecular formula is C22H26N4O4. The minimum atomic E-state index is -0.507. The summed E-state index contributed by atoms with van der Waals surface area (Å²) in [6.45, 7) is 0.464. The number of amides is 1. The number of aromatic nitrogens is 2. The Morgan fingerprint density at radius 3 is 2.40 bits per heavy atom. The molecule has 0 aliphatic carbocycles. The van der Waals surface area contributed by atoms with E-state index >= 15 is 0 Å². The normalized spacial score (nSPS) is 10.9. The Hall–Kier alpha value is -3.39. The summed E-state index contributed by atoms with van der Waals surface area (Å²) in [5.41, 5.74) is 1.22. The van der Waals surface area contributed by atoms with Crippen LogP contribution in [-0.2, 0) is 22.6 Å². The Bertz CT molecular complexity index is 1150. The molecule has 0 aliphatic rings. The van der Waals surface area contributed by atoms with E-state index in [2.05, 4.69) is 5.32 Å². The van der Waals surface area contributed by atoms with Crippen LogP contribution in [0.25, 0.3) is 10.9 Å². The maximum atomic E-state index is 13.0. The van der Waals surface area contributed by atoms with Crippen molar-refractivity contribution in [2.75, 3.05) is 38.0 Å². The van der Waals surface area contributed by atoms with Crippen molar-refractivity contribution in [2.45, 2.75) is 19.5 Å². The lowest BCUT2D eigenvalue weighted by Gasteiger charge is -2.15. The molecule has 30 heavy (non-hydrogen) atoms. The zero-order valence-corrected chi connectivity index (χ0v) is 17.4. The van der Waals surface area contributed by atoms with Crippen molar-refractivity contribution in [3.8, 4) is 0 Å². The van der Waals surface area contributed by atoms with Crippen LogP contribution >= 0.6 is 0 Å². The first-order valence-corrected chi connectivity index (χ1v) is 9.71. The van der Waals surface area contributed by atoms with E-state index < -0.39 is 5.69 Å². The fourth-order valence-electron chi connectivity index (χ4n) is 3.27. The van der Waals surface area contributed by atoms with Crippen LogP contribution in [0, 0.1) is 0 Å². The molecule has 1 aromatic heterocycles. The van der Waals surface area contributed by atoms with E-state index in [0.717, 1.165) is 5.69 Å². The minimum Gasteiger partial charge on any atom is -0.385 e. The van der Waals surface area contributed by atoms with Crippen LogP contribution in [0.15, 0.2) is 58.1 Å². The van der Waals surface area contributed by atoms with Gasteiger partial charge in [0.25, 0.3) is 5.56 Å². The molecule has 0 unspecified atom stereocenters. The molecule has 3 aromatic rings. The molecule has 0 atom stereocenters. The Morgan fingerprint density at radius 2 is 1.73 bits per heavy atom. The van der Waals surface area contributed by atoms with Crippen molar-refractivity contribution in [1.82, 2.24) is 9.13 Å². The van der Waals surface area contributed by atoms with Crippen LogP contribution < -0.4 is 21.5 Å². The summed E-state index contributed by atoms with van der Waals surface area (Å²) < 4.78 is 7.53. The fraction of sp³-hybridized carbons (Fsp3) is 0.318. The number of fused-ring (bicyclic) bond motifs is 1. The third-order valence-corrected chi connectivity index (χ3v) is 4.83. The number of hydrogen-bond acceptors (Lipinski definition) is 5. The zero-order chi connectivity index (χ0) is 21.7. The predicted octanol–water partition coefficient (Wildman–Crippen LogP) is 1.90. The van der Waals surface area contributed by atoms with Gasteiger partial charge < -0.3 is 15.0 Å². The number of carbonyl (C=O) groups excluding carboxylic acids is 1. The minimum absolute atomic E-state index is 0.195. The van der Waals surface area contributed by atoms with Gasteiger partial charge in [-0.3, -0.25) is 18.7 Å². The van der Waals surface area contributed by atoms with E-state index in [-0.39, 0.29) is 24.6 Å². The summed E-state index contributed by atoms with van der Waals surface area (Å²) in [6.07, 6.45) is 0.522. The largest absolute Gasteiger partial charge is 0.385 e. The highest BCUT2D eigenvalue weighted by Gasteiger charge is 2.15. The Labute approximate surface area is 174 Å². The van der Waals surface area contributed by atoms with Gasteiger partial charge in [0, 0.05) is 45.7 Å². The number of ether oxygens (including phenoxy) is 1. The summed E-state index contributed by atoms with van der Waals surface area (Å²) in [5, 5.41) is 3.21. The van der Waals surface area contributed by atoms with Gasteiger partial charge in [-0.05, 0) is 42.8 Å². The van der Waals surface area contributed by atoms with Crippen LogP contribution in [0.3, 0.4) is 0 Å². The van der Waals surface area contributed by atoms with Gasteiger partial charge >= 0.3 is 5.69 Å². The van der Waals surface area contributed by atoms with E-state index in [9.17, 15) is 14.4 Å². The average molecular weight is 410 g/mol. The molecule has 8 heteroatoms. The maximum absolute atomic E-state index is 13.0. The molecule has 0 radical (unpaired) electrons. The molecule has 0 saturated heterocycles. The number of nitrogens with one attached hydrogen (secondary N) is 1. The van der Waals surface area contributed by atoms with E-state index in [1.54, 1.807) is 43.5 Å². The molecule has 158 valence electrons. The van der Waals surface area contributed by atoms with Crippen molar-refractivity contribution in [3.05, 3.63) is 69.4 Å². The zero-order valence-electron chi connectivity index (χ0n) is 17.4. The summed E-state index contributed by atoms with van der Waals surface area (Å²) in [7, 11) is 5.44. The van der Waals surface area contributed by atoms with Gasteiger partial charge in [-0.2, -0.15) is 0 Å². The van der Waals surface area contributed by atoms with Crippen molar-refractivity contribution < 1.29 is 9.53 Å². The smallest absolute Gasteiger partial charge is 0.331 e. The third kappa shape index (κ3) is 4.60. The lowest BCUT2D eigenvalue weighted by Crippen LogP contribution is -2.42. The molecule has 1 heterocycles. The van der Waals surface area contributed by atoms with Gasteiger partial charge in [0.05, 0.1) is 10.9 Å². The highest BCUT2D eigenvalue weighted by Crippen LogP contribution is 2.16. The molecule has 0 aliphatic heterocycles. The second kappa shape index (κ2) is 9.41. The van der Waals surface area contributed by atoms with Crippen LogP contribution in [0.2, 0.25) is 0 Å². The van der Waals surface area contributed by atoms with Crippen LogP contribution in [0.5, 0.6) is 0 Å². The van der Waals surface area contributed by atoms with Crippen molar-refractivity contribution in [3.63, 3.8) is 0 Å². The number of nitrogens with zero attached hydrogens (tertiary/aromatic N) is 3. The number of carbonyl (C=O) groups is 1. The fourth-order valence-corrected chi connectivity index (χ4v) is 3.27. The number of benzene rings is 2. The Kier molecular flexibility index (Phi) is 6.68. The predicted molar refractivity (Wildman–Crippen MR) is 118 cm³/mol. The van der Waals surface area contributed by atoms with Crippen LogP contribution in [-0.4, -0.2) is 42.9 Å². The summed E-state index contributed by atoms with van der Waals surface area (Å²) >= 11 is 0. The first-order chi connectivity index (χ1) is 14.4. The second-order valence-corrected chi connectivity index (χ2v) is 7.18. The molecule has 2 aromatic carbocycles. The Balaban J connectivity index is 1.91. The number of anilines is 2. The van der Waals surface area contributed by atoms with Gasteiger partial charge in [-0.1, -0.05) is 12.1 Å². The average Bonchev–Trinajstić information content (AvgIpc) is 2.74. The first kappa shape index (κ1) is 21.3. The lowest BCUT2D eigenvalue weighted by molar-refractivity contribution is -0.116. The summed E-state index contributed by atoms with van der Waals surface area (Å²) in [6, 6.07) is 14.2. The Morgan fingerprint density at radius 1 is 1.03 bits per heavy atom. The van der Waals surface area contributed by atoms with Crippen molar-refractivity contribution in [1.29, 1.82) is 0 Å². The van der Waals surface area contributed by atoms with Crippen molar-refractivity contribution in [2.24, 2.45) is 0 Å². The van der Waals surface area contributed by atoms with E-state index in [1.165, 1.54) is 9.13 Å². The highest BCUT2D eigenvalue weighted by atomic mass is 16.5. The molecule has 0 saturated carbocycles. The molecule has 0 spiro atoms. The lowest BCUT2D eigenvalue weighted by atomic mass is 10.2. The maximum Gasteiger partial charge on any atom is 0.331 e. The molecular weight excluding hydrogens is 384 g/mol. The number of methoxy groups -OCH3 is 1. The number of rotatable bonds is 8. The molecule has 3 rings (SSSR count). The molecule has 8 nitrogen and oxygen atoms in total. The summed E-state index contributed by atoms with van der Waals surface area (Å²) in [4.78, 5) is 40.4. The van der Waals surface area contributed by atoms with Gasteiger partial charge in [0.15, 0.2) is 0 Å². The molecule has 1 N–H and O–H groups in total. The number of para-hydroxylation sites is 1. The molecule has 1 amide bonds. The highest BCUT2D eigenvalue weighted by molar-refractivity contribution is 5.91. The van der Waals surface area contributed by atoms with Gasteiger partial charge in [-0.15, -0.1) is 0 Å². The van der Waals surface area contributed by atoms with E-state index in [0.29, 0.717) is 29.6 Å². The SMILES string of the molecule is COCCCn1c(=O)c2ccccc2n(CC(=O)Nc2ccc(N(C)C)cc2)c1=O. The van der Waals surface area contributed by atoms with Gasteiger partial charge in [-0.25, -0.2) is 4.79 Å². The third-order valence-electron chi connectivity index (χ3n) is 4.83. The van der Waals surface area contributed by atoms with Crippen LogP contribution in [0.4, 0.5) is 11.4 Å². The monoisotopic (exact) mass is 410 g/mol.